The molecule has 0 aromatic carbocycles. The van der Waals surface area contributed by atoms with Gasteiger partial charge < -0.3 is 9.64 Å². The minimum atomic E-state index is -0.0712. The van der Waals surface area contributed by atoms with E-state index in [1.165, 1.54) is 29.4 Å². The van der Waals surface area contributed by atoms with Crippen LogP contribution in [0.15, 0.2) is 0 Å². The Hall–Kier alpha value is 0.0900. The van der Waals surface area contributed by atoms with Crippen molar-refractivity contribution in [1.82, 2.24) is 9.80 Å². The van der Waals surface area contributed by atoms with Gasteiger partial charge in [-0.15, -0.1) is 0 Å². The lowest BCUT2D eigenvalue weighted by Crippen LogP contribution is -2.55. The smallest absolute Gasteiger partial charge is 0.230 e. The van der Waals surface area contributed by atoms with Gasteiger partial charge in [0, 0.05) is 61.4 Å². The summed E-state index contributed by atoms with van der Waals surface area (Å²) in [5.74, 6) is 5.55. The van der Waals surface area contributed by atoms with Crippen LogP contribution in [0.1, 0.15) is 32.1 Å². The van der Waals surface area contributed by atoms with E-state index in [-0.39, 0.29) is 5.41 Å². The molecule has 4 saturated heterocycles. The maximum absolute atomic E-state index is 13.4. The van der Waals surface area contributed by atoms with E-state index < -0.39 is 0 Å². The number of ether oxygens (including phenoxy) is 1. The summed E-state index contributed by atoms with van der Waals surface area (Å²) in [5, 5.41) is 0. The van der Waals surface area contributed by atoms with Crippen LogP contribution in [-0.2, 0) is 9.53 Å². The second kappa shape index (κ2) is 7.77. The third kappa shape index (κ3) is 3.49. The van der Waals surface area contributed by atoms with Crippen molar-refractivity contribution in [3.63, 3.8) is 0 Å². The fraction of sp³-hybridized carbons (Fsp3) is 0.944. The molecule has 0 N–H and O–H groups in total. The highest BCUT2D eigenvalue weighted by atomic mass is 32.2. The Morgan fingerprint density at radius 2 is 1.75 bits per heavy atom. The maximum atomic E-state index is 13.4. The number of piperidine rings is 1. The van der Waals surface area contributed by atoms with Crippen LogP contribution in [0.25, 0.3) is 0 Å². The average molecular weight is 371 g/mol. The first-order valence-corrected chi connectivity index (χ1v) is 11.9. The van der Waals surface area contributed by atoms with Gasteiger partial charge in [-0.05, 0) is 38.6 Å². The zero-order valence-corrected chi connectivity index (χ0v) is 16.2. The molecule has 1 spiro atoms. The molecule has 0 aromatic heterocycles. The highest BCUT2D eigenvalue weighted by Crippen LogP contribution is 2.42. The summed E-state index contributed by atoms with van der Waals surface area (Å²) in [7, 11) is 0. The third-order valence-electron chi connectivity index (χ3n) is 6.29. The van der Waals surface area contributed by atoms with Crippen LogP contribution in [0, 0.1) is 5.41 Å². The van der Waals surface area contributed by atoms with Crippen molar-refractivity contribution >= 4 is 29.4 Å². The van der Waals surface area contributed by atoms with E-state index in [0.29, 0.717) is 18.0 Å². The van der Waals surface area contributed by atoms with Crippen molar-refractivity contribution in [1.29, 1.82) is 0 Å². The van der Waals surface area contributed by atoms with Crippen molar-refractivity contribution in [2.45, 2.75) is 44.2 Å². The number of carbonyl (C=O) groups is 1. The standard InChI is InChI=1S/C18H30N2O2S2/c21-17-18(4-1-6-20(17)15-2-8-22-9-3-15)5-7-19(14-18)16-12-23-10-11-24-13-16/h15-16H,1-14H2/t18-/m1/s1. The van der Waals surface area contributed by atoms with Crippen molar-refractivity contribution in [2.24, 2.45) is 5.41 Å². The molecule has 4 nitrogen and oxygen atoms in total. The molecule has 0 aliphatic carbocycles. The first-order valence-electron chi connectivity index (χ1n) is 9.57. The number of hydrogen-bond acceptors (Lipinski definition) is 5. The lowest BCUT2D eigenvalue weighted by molar-refractivity contribution is -0.150. The zero-order valence-electron chi connectivity index (χ0n) is 14.6. The number of likely N-dealkylation sites (tertiary alicyclic amines) is 2. The van der Waals surface area contributed by atoms with Crippen molar-refractivity contribution in [2.75, 3.05) is 55.9 Å². The molecule has 0 bridgehead atoms. The maximum Gasteiger partial charge on any atom is 0.230 e. The first kappa shape index (κ1) is 17.5. The Bertz CT molecular complexity index is 450. The van der Waals surface area contributed by atoms with Crippen LogP contribution in [0.4, 0.5) is 0 Å². The molecule has 136 valence electrons. The summed E-state index contributed by atoms with van der Waals surface area (Å²) in [5.41, 5.74) is -0.0712. The van der Waals surface area contributed by atoms with Gasteiger partial charge >= 0.3 is 0 Å². The van der Waals surface area contributed by atoms with E-state index in [4.69, 9.17) is 4.74 Å². The topological polar surface area (TPSA) is 32.8 Å². The van der Waals surface area contributed by atoms with Gasteiger partial charge in [0.1, 0.15) is 0 Å². The molecule has 4 fully saturated rings. The number of hydrogen-bond donors (Lipinski definition) is 0. The van der Waals surface area contributed by atoms with E-state index in [9.17, 15) is 4.79 Å². The van der Waals surface area contributed by atoms with Crippen LogP contribution in [0.2, 0.25) is 0 Å². The Kier molecular flexibility index (Phi) is 5.66. The molecule has 0 aromatic rings. The highest BCUT2D eigenvalue weighted by Gasteiger charge is 2.50. The van der Waals surface area contributed by atoms with Gasteiger partial charge in [-0.3, -0.25) is 9.69 Å². The molecule has 4 aliphatic heterocycles. The molecule has 0 radical (unpaired) electrons. The van der Waals surface area contributed by atoms with Gasteiger partial charge in [0.25, 0.3) is 0 Å². The number of thioether (sulfide) groups is 2. The predicted molar refractivity (Wildman–Crippen MR) is 102 cm³/mol. The lowest BCUT2D eigenvalue weighted by atomic mass is 9.77. The molecule has 1 atom stereocenters. The number of nitrogens with zero attached hydrogens (tertiary/aromatic N) is 2. The summed E-state index contributed by atoms with van der Waals surface area (Å²) in [4.78, 5) is 18.3. The monoisotopic (exact) mass is 370 g/mol. The molecule has 1 amide bonds. The molecule has 4 heterocycles. The zero-order chi connectivity index (χ0) is 16.4. The SMILES string of the molecule is O=C1N(C2CCOCC2)CCC[C@]12CCN(C1CSCCSC1)C2. The van der Waals surface area contributed by atoms with Crippen molar-refractivity contribution in [3.8, 4) is 0 Å². The first-order chi connectivity index (χ1) is 11.8. The molecule has 0 unspecified atom stereocenters. The Morgan fingerprint density at radius 3 is 2.50 bits per heavy atom. The van der Waals surface area contributed by atoms with Gasteiger partial charge in [-0.2, -0.15) is 23.5 Å². The minimum absolute atomic E-state index is 0.0712. The van der Waals surface area contributed by atoms with Crippen LogP contribution in [-0.4, -0.2) is 83.7 Å². The molecular weight excluding hydrogens is 340 g/mol. The van der Waals surface area contributed by atoms with Gasteiger partial charge in [0.05, 0.1) is 5.41 Å². The van der Waals surface area contributed by atoms with Crippen LogP contribution < -0.4 is 0 Å². The quantitative estimate of drug-likeness (QED) is 0.745. The van der Waals surface area contributed by atoms with E-state index in [1.54, 1.807) is 0 Å². The average Bonchev–Trinajstić information content (AvgIpc) is 2.86. The number of rotatable bonds is 2. The van der Waals surface area contributed by atoms with Gasteiger partial charge in [-0.1, -0.05) is 0 Å². The molecule has 6 heteroatoms. The Balaban J connectivity index is 1.43. The van der Waals surface area contributed by atoms with E-state index in [2.05, 4.69) is 33.3 Å². The molecule has 4 rings (SSSR count). The molecule has 0 saturated carbocycles. The third-order valence-corrected chi connectivity index (χ3v) is 8.78. The highest BCUT2D eigenvalue weighted by molar-refractivity contribution is 8.03. The number of carbonyl (C=O) groups excluding carboxylic acids is 1. The molecule has 24 heavy (non-hydrogen) atoms. The van der Waals surface area contributed by atoms with E-state index in [1.807, 2.05) is 0 Å². The number of amides is 1. The van der Waals surface area contributed by atoms with Crippen molar-refractivity contribution < 1.29 is 9.53 Å². The molecular formula is C18H30N2O2S2. The fourth-order valence-corrected chi connectivity index (χ4v) is 7.48. The Labute approximate surface area is 154 Å². The minimum Gasteiger partial charge on any atom is -0.381 e. The second-order valence-corrected chi connectivity index (χ2v) is 10.0. The van der Waals surface area contributed by atoms with Crippen LogP contribution in [0.3, 0.4) is 0 Å². The normalized spacial score (nSPS) is 34.8. The summed E-state index contributed by atoms with van der Waals surface area (Å²) >= 11 is 4.20. The lowest BCUT2D eigenvalue weighted by Gasteiger charge is -2.44. The summed E-state index contributed by atoms with van der Waals surface area (Å²) in [6, 6.07) is 1.11. The second-order valence-electron chi connectivity index (χ2n) is 7.75. The summed E-state index contributed by atoms with van der Waals surface area (Å²) in [6.07, 6.45) is 5.43. The fourth-order valence-electron chi connectivity index (χ4n) is 4.86. The Morgan fingerprint density at radius 1 is 1.00 bits per heavy atom. The van der Waals surface area contributed by atoms with E-state index >= 15 is 0 Å². The summed E-state index contributed by atoms with van der Waals surface area (Å²) < 4.78 is 5.50. The van der Waals surface area contributed by atoms with Gasteiger partial charge in [0.15, 0.2) is 0 Å². The molecule has 4 aliphatic rings. The largest absolute Gasteiger partial charge is 0.381 e. The van der Waals surface area contributed by atoms with Crippen LogP contribution in [0.5, 0.6) is 0 Å². The van der Waals surface area contributed by atoms with Gasteiger partial charge in [0.2, 0.25) is 5.91 Å². The summed E-state index contributed by atoms with van der Waals surface area (Å²) in [6.45, 7) is 4.76. The van der Waals surface area contributed by atoms with Crippen LogP contribution >= 0.6 is 23.5 Å². The van der Waals surface area contributed by atoms with Crippen molar-refractivity contribution in [3.05, 3.63) is 0 Å². The van der Waals surface area contributed by atoms with E-state index in [0.717, 1.165) is 58.5 Å². The predicted octanol–water partition coefficient (Wildman–Crippen LogP) is 2.33. The van der Waals surface area contributed by atoms with Gasteiger partial charge in [-0.25, -0.2) is 0 Å².